The quantitative estimate of drug-likeness (QED) is 0.565. The highest BCUT2D eigenvalue weighted by Crippen LogP contribution is 2.32. The molecule has 0 amide bonds. The van der Waals surface area contributed by atoms with Gasteiger partial charge in [0.05, 0.1) is 17.6 Å². The Hall–Kier alpha value is -1.51. The molecule has 2 heterocycles. The van der Waals surface area contributed by atoms with Gasteiger partial charge in [-0.25, -0.2) is 0 Å². The molecule has 0 spiro atoms. The van der Waals surface area contributed by atoms with E-state index in [1.165, 1.54) is 10.9 Å². The molecule has 0 bridgehead atoms. The van der Waals surface area contributed by atoms with E-state index in [0.29, 0.717) is 18.5 Å². The van der Waals surface area contributed by atoms with Gasteiger partial charge < -0.3 is 14.9 Å². The molecule has 8 nitrogen and oxygen atoms in total. The maximum absolute atomic E-state index is 10.9. The van der Waals surface area contributed by atoms with Crippen LogP contribution in [0.5, 0.6) is 0 Å². The second kappa shape index (κ2) is 5.01. The molecule has 2 rings (SSSR count). The van der Waals surface area contributed by atoms with Crippen molar-refractivity contribution in [1.29, 1.82) is 0 Å². The average molecular weight is 257 g/mol. The van der Waals surface area contributed by atoms with Crippen LogP contribution >= 0.6 is 0 Å². The van der Waals surface area contributed by atoms with Gasteiger partial charge in [0.1, 0.15) is 24.1 Å². The fourth-order valence-corrected chi connectivity index (χ4v) is 2.09. The van der Waals surface area contributed by atoms with Crippen molar-refractivity contribution in [1.82, 2.24) is 9.78 Å². The molecule has 1 fully saturated rings. The molecule has 18 heavy (non-hydrogen) atoms. The lowest BCUT2D eigenvalue weighted by Crippen LogP contribution is -2.27. The van der Waals surface area contributed by atoms with E-state index in [-0.39, 0.29) is 12.3 Å². The lowest BCUT2D eigenvalue weighted by Gasteiger charge is -2.14. The molecule has 3 atom stereocenters. The van der Waals surface area contributed by atoms with Crippen LogP contribution in [0.2, 0.25) is 0 Å². The van der Waals surface area contributed by atoms with Crippen molar-refractivity contribution in [2.24, 2.45) is 7.05 Å². The van der Waals surface area contributed by atoms with Crippen LogP contribution < -0.4 is 0 Å². The van der Waals surface area contributed by atoms with Crippen LogP contribution in [-0.4, -0.2) is 43.7 Å². The zero-order chi connectivity index (χ0) is 13.3. The number of nitro groups is 1. The molecule has 1 saturated heterocycles. The van der Waals surface area contributed by atoms with Crippen LogP contribution in [0.15, 0.2) is 6.20 Å². The topological polar surface area (TPSA) is 111 Å². The Morgan fingerprint density at radius 1 is 1.50 bits per heavy atom. The molecule has 0 saturated carbocycles. The Kier molecular flexibility index (Phi) is 3.60. The summed E-state index contributed by atoms with van der Waals surface area (Å²) in [6.45, 7) is -0.0475. The van der Waals surface area contributed by atoms with Gasteiger partial charge in [-0.2, -0.15) is 5.10 Å². The first-order valence-electron chi connectivity index (χ1n) is 5.64. The number of hydrogen-bond acceptors (Lipinski definition) is 6. The number of aromatic nitrogens is 2. The zero-order valence-electron chi connectivity index (χ0n) is 9.89. The van der Waals surface area contributed by atoms with E-state index < -0.39 is 23.2 Å². The van der Waals surface area contributed by atoms with Gasteiger partial charge in [0, 0.05) is 7.05 Å². The predicted octanol–water partition coefficient (Wildman–Crippen LogP) is -0.0984. The van der Waals surface area contributed by atoms with Crippen molar-refractivity contribution in [3.8, 4) is 0 Å². The smallest absolute Gasteiger partial charge is 0.312 e. The van der Waals surface area contributed by atoms with Crippen LogP contribution in [0.3, 0.4) is 0 Å². The number of aliphatic hydroxyl groups excluding tert-OH is 2. The van der Waals surface area contributed by atoms with Gasteiger partial charge in [-0.3, -0.25) is 14.8 Å². The Morgan fingerprint density at radius 3 is 2.89 bits per heavy atom. The molecule has 0 aliphatic carbocycles. The van der Waals surface area contributed by atoms with E-state index >= 15 is 0 Å². The van der Waals surface area contributed by atoms with Gasteiger partial charge in [0.25, 0.3) is 0 Å². The third kappa shape index (κ3) is 2.35. The second-order valence-corrected chi connectivity index (χ2v) is 4.33. The van der Waals surface area contributed by atoms with Crippen molar-refractivity contribution < 1.29 is 19.9 Å². The average Bonchev–Trinajstić information content (AvgIpc) is 2.63. The van der Waals surface area contributed by atoms with Gasteiger partial charge in [-0.1, -0.05) is 0 Å². The summed E-state index contributed by atoms with van der Waals surface area (Å²) in [6, 6.07) is 0. The molecule has 2 N–H and O–H groups in total. The summed E-state index contributed by atoms with van der Waals surface area (Å²) in [4.78, 5) is 10.4. The maximum atomic E-state index is 10.9. The maximum Gasteiger partial charge on any atom is 0.312 e. The third-order valence-electron chi connectivity index (χ3n) is 3.10. The van der Waals surface area contributed by atoms with Crippen molar-refractivity contribution >= 4 is 5.69 Å². The van der Waals surface area contributed by atoms with Crippen molar-refractivity contribution in [2.45, 2.75) is 31.2 Å². The molecule has 1 aromatic heterocycles. The van der Waals surface area contributed by atoms with Crippen molar-refractivity contribution in [2.75, 3.05) is 6.61 Å². The predicted molar refractivity (Wildman–Crippen MR) is 59.8 cm³/mol. The summed E-state index contributed by atoms with van der Waals surface area (Å²) in [5, 5.41) is 33.8. The van der Waals surface area contributed by atoms with Gasteiger partial charge in [-0.05, 0) is 12.8 Å². The minimum absolute atomic E-state index is 0.0475. The summed E-state index contributed by atoms with van der Waals surface area (Å²) < 4.78 is 6.82. The Balaban J connectivity index is 2.26. The molecular weight excluding hydrogens is 242 g/mol. The van der Waals surface area contributed by atoms with Crippen LogP contribution in [0.25, 0.3) is 0 Å². The highest BCUT2D eigenvalue weighted by Gasteiger charge is 2.32. The van der Waals surface area contributed by atoms with E-state index in [2.05, 4.69) is 5.10 Å². The van der Waals surface area contributed by atoms with E-state index in [4.69, 9.17) is 4.74 Å². The van der Waals surface area contributed by atoms with Gasteiger partial charge in [0.2, 0.25) is 0 Å². The van der Waals surface area contributed by atoms with Crippen molar-refractivity contribution in [3.05, 3.63) is 22.0 Å². The van der Waals surface area contributed by atoms with Gasteiger partial charge in [-0.15, -0.1) is 0 Å². The summed E-state index contributed by atoms with van der Waals surface area (Å²) in [6.07, 6.45) is -0.447. The number of aliphatic hydroxyl groups is 2. The van der Waals surface area contributed by atoms with E-state index in [0.717, 1.165) is 0 Å². The summed E-state index contributed by atoms with van der Waals surface area (Å²) in [7, 11) is 1.60. The summed E-state index contributed by atoms with van der Waals surface area (Å²) in [5.41, 5.74) is 0.259. The first kappa shape index (κ1) is 12.9. The molecule has 1 aliphatic rings. The second-order valence-electron chi connectivity index (χ2n) is 4.33. The Labute approximate surface area is 103 Å². The number of hydrogen-bond donors (Lipinski definition) is 2. The standard InChI is InChI=1S/C10H15N3O5/c1-12-10(6(4-11-12)13(16)17)9-3-2-7(14)8(15)5-18-9/h4,7-9,14-15H,2-3,5H2,1H3/t7-,8+,9?/m1/s1. The van der Waals surface area contributed by atoms with Gasteiger partial charge in [0.15, 0.2) is 0 Å². The normalized spacial score (nSPS) is 28.9. The fourth-order valence-electron chi connectivity index (χ4n) is 2.09. The first-order chi connectivity index (χ1) is 8.50. The van der Waals surface area contributed by atoms with E-state index in [1.54, 1.807) is 7.05 Å². The fraction of sp³-hybridized carbons (Fsp3) is 0.700. The van der Waals surface area contributed by atoms with Crippen LogP contribution in [0, 0.1) is 10.1 Å². The first-order valence-corrected chi connectivity index (χ1v) is 5.64. The minimum atomic E-state index is -0.956. The summed E-state index contributed by atoms with van der Waals surface area (Å²) in [5.74, 6) is 0. The molecule has 0 radical (unpaired) electrons. The number of nitrogens with zero attached hydrogens (tertiary/aromatic N) is 3. The van der Waals surface area contributed by atoms with E-state index in [9.17, 15) is 20.3 Å². The molecule has 0 aromatic carbocycles. The molecule has 8 heteroatoms. The lowest BCUT2D eigenvalue weighted by molar-refractivity contribution is -0.386. The third-order valence-corrected chi connectivity index (χ3v) is 3.10. The molecule has 1 aromatic rings. The lowest BCUT2D eigenvalue weighted by atomic mass is 10.1. The molecule has 1 unspecified atom stereocenters. The number of ether oxygens (including phenoxy) is 1. The van der Waals surface area contributed by atoms with Crippen LogP contribution in [0.1, 0.15) is 24.6 Å². The largest absolute Gasteiger partial charge is 0.390 e. The molecular formula is C10H15N3O5. The Bertz CT molecular complexity index is 435. The highest BCUT2D eigenvalue weighted by molar-refractivity contribution is 5.34. The molecule has 1 aliphatic heterocycles. The Morgan fingerprint density at radius 2 is 2.22 bits per heavy atom. The number of aryl methyl sites for hydroxylation is 1. The van der Waals surface area contributed by atoms with Gasteiger partial charge >= 0.3 is 5.69 Å². The summed E-state index contributed by atoms with van der Waals surface area (Å²) >= 11 is 0. The van der Waals surface area contributed by atoms with Crippen LogP contribution in [0.4, 0.5) is 5.69 Å². The highest BCUT2D eigenvalue weighted by atomic mass is 16.6. The monoisotopic (exact) mass is 257 g/mol. The molecule has 100 valence electrons. The van der Waals surface area contributed by atoms with Crippen LogP contribution in [-0.2, 0) is 11.8 Å². The van der Waals surface area contributed by atoms with Crippen molar-refractivity contribution in [3.63, 3.8) is 0 Å². The van der Waals surface area contributed by atoms with E-state index in [1.807, 2.05) is 0 Å². The zero-order valence-corrected chi connectivity index (χ0v) is 9.89. The SMILES string of the molecule is Cn1ncc([N+](=O)[O-])c1C1CC[C@@H](O)[C@@H](O)CO1. The minimum Gasteiger partial charge on any atom is -0.390 e. The number of rotatable bonds is 2.